The normalized spacial score (nSPS) is 16.4. The van der Waals surface area contributed by atoms with Gasteiger partial charge >= 0.3 is 0 Å². The third-order valence-electron chi connectivity index (χ3n) is 5.03. The Morgan fingerprint density at radius 2 is 1.70 bits per heavy atom. The number of carbonyl (C=O) groups is 1. The van der Waals surface area contributed by atoms with Crippen molar-refractivity contribution >= 4 is 21.6 Å². The number of amides is 1. The van der Waals surface area contributed by atoms with Crippen molar-refractivity contribution in [3.05, 3.63) is 59.7 Å². The van der Waals surface area contributed by atoms with Crippen molar-refractivity contribution in [1.82, 2.24) is 5.32 Å². The van der Waals surface area contributed by atoms with Crippen LogP contribution in [0.25, 0.3) is 0 Å². The average Bonchev–Trinajstić information content (AvgIpc) is 3.49. The van der Waals surface area contributed by atoms with E-state index in [1.807, 2.05) is 26.0 Å². The van der Waals surface area contributed by atoms with Gasteiger partial charge in [-0.25, -0.2) is 8.42 Å². The maximum absolute atomic E-state index is 12.5. The Hall–Kier alpha value is -2.38. The standard InChI is InChI=1S/C20H25N3O3S/c1-14-3-9-17(10-4-14)23-27(25,26)18-11-5-15(6-12-18)19(24)22-20(2,13-21)16-7-8-16/h3-6,9-12,16,23H,7-8,13,21H2,1-2H3,(H,22,24). The topological polar surface area (TPSA) is 101 Å². The molecule has 0 heterocycles. The molecule has 1 amide bonds. The van der Waals surface area contributed by atoms with Crippen LogP contribution in [0.3, 0.4) is 0 Å². The number of anilines is 1. The molecule has 1 fully saturated rings. The third-order valence-corrected chi connectivity index (χ3v) is 6.43. The minimum absolute atomic E-state index is 0.100. The Morgan fingerprint density at radius 1 is 1.11 bits per heavy atom. The predicted octanol–water partition coefficient (Wildman–Crippen LogP) is 2.65. The molecule has 1 saturated carbocycles. The summed E-state index contributed by atoms with van der Waals surface area (Å²) in [4.78, 5) is 12.6. The molecule has 1 aliphatic carbocycles. The van der Waals surface area contributed by atoms with Crippen LogP contribution in [0.4, 0.5) is 5.69 Å². The summed E-state index contributed by atoms with van der Waals surface area (Å²) in [6.07, 6.45) is 2.13. The molecule has 4 N–H and O–H groups in total. The zero-order valence-electron chi connectivity index (χ0n) is 15.5. The Balaban J connectivity index is 1.72. The molecule has 27 heavy (non-hydrogen) atoms. The van der Waals surface area contributed by atoms with E-state index in [-0.39, 0.29) is 10.8 Å². The maximum Gasteiger partial charge on any atom is 0.261 e. The van der Waals surface area contributed by atoms with E-state index >= 15 is 0 Å². The van der Waals surface area contributed by atoms with Crippen LogP contribution in [-0.2, 0) is 10.0 Å². The van der Waals surface area contributed by atoms with Crippen molar-refractivity contribution in [2.75, 3.05) is 11.3 Å². The number of aryl methyl sites for hydroxylation is 1. The Morgan fingerprint density at radius 3 is 2.22 bits per heavy atom. The van der Waals surface area contributed by atoms with E-state index in [4.69, 9.17) is 5.73 Å². The van der Waals surface area contributed by atoms with Crippen molar-refractivity contribution in [3.8, 4) is 0 Å². The quantitative estimate of drug-likeness (QED) is 0.680. The number of sulfonamides is 1. The molecule has 144 valence electrons. The van der Waals surface area contributed by atoms with Gasteiger partial charge in [0.1, 0.15) is 0 Å². The van der Waals surface area contributed by atoms with E-state index in [1.165, 1.54) is 24.3 Å². The monoisotopic (exact) mass is 387 g/mol. The number of hydrogen-bond donors (Lipinski definition) is 3. The highest BCUT2D eigenvalue weighted by atomic mass is 32.2. The van der Waals surface area contributed by atoms with E-state index in [0.29, 0.717) is 23.7 Å². The smallest absolute Gasteiger partial charge is 0.261 e. The van der Waals surface area contributed by atoms with Crippen LogP contribution in [0.1, 0.15) is 35.7 Å². The molecule has 1 atom stereocenters. The molecule has 6 nitrogen and oxygen atoms in total. The van der Waals surface area contributed by atoms with Crippen molar-refractivity contribution < 1.29 is 13.2 Å². The molecule has 1 aliphatic rings. The average molecular weight is 388 g/mol. The molecule has 0 spiro atoms. The molecule has 2 aromatic rings. The lowest BCUT2D eigenvalue weighted by molar-refractivity contribution is 0.0897. The summed E-state index contributed by atoms with van der Waals surface area (Å²) >= 11 is 0. The number of hydrogen-bond acceptors (Lipinski definition) is 4. The van der Waals surface area contributed by atoms with Gasteiger partial charge in [0.25, 0.3) is 15.9 Å². The number of benzene rings is 2. The van der Waals surface area contributed by atoms with Crippen molar-refractivity contribution in [3.63, 3.8) is 0 Å². The summed E-state index contributed by atoms with van der Waals surface area (Å²) in [7, 11) is -3.71. The molecule has 1 unspecified atom stereocenters. The van der Waals surface area contributed by atoms with Crippen LogP contribution in [-0.4, -0.2) is 26.4 Å². The van der Waals surface area contributed by atoms with Crippen molar-refractivity contribution in [2.24, 2.45) is 11.7 Å². The van der Waals surface area contributed by atoms with Crippen molar-refractivity contribution in [1.29, 1.82) is 0 Å². The van der Waals surface area contributed by atoms with Gasteiger partial charge in [0.2, 0.25) is 0 Å². The minimum Gasteiger partial charge on any atom is -0.345 e. The van der Waals surface area contributed by atoms with E-state index in [0.717, 1.165) is 18.4 Å². The molecule has 0 aliphatic heterocycles. The van der Waals surface area contributed by atoms with Crippen molar-refractivity contribution in [2.45, 2.75) is 37.1 Å². The number of rotatable bonds is 7. The summed E-state index contributed by atoms with van der Waals surface area (Å²) in [5.74, 6) is 0.162. The van der Waals surface area contributed by atoms with E-state index in [2.05, 4.69) is 10.0 Å². The van der Waals surface area contributed by atoms with Crippen LogP contribution in [0.5, 0.6) is 0 Å². The number of nitrogens with one attached hydrogen (secondary N) is 2. The first-order chi connectivity index (χ1) is 12.7. The number of carbonyl (C=O) groups excluding carboxylic acids is 1. The van der Waals surface area contributed by atoms with Gasteiger partial charge in [-0.3, -0.25) is 9.52 Å². The molecular formula is C20H25N3O3S. The lowest BCUT2D eigenvalue weighted by Crippen LogP contribution is -2.53. The summed E-state index contributed by atoms with van der Waals surface area (Å²) in [5, 5.41) is 3.00. The van der Waals surface area contributed by atoms with Crippen LogP contribution >= 0.6 is 0 Å². The molecule has 0 radical (unpaired) electrons. The highest BCUT2D eigenvalue weighted by Crippen LogP contribution is 2.39. The fourth-order valence-electron chi connectivity index (χ4n) is 2.99. The van der Waals surface area contributed by atoms with Crippen LogP contribution in [0, 0.1) is 12.8 Å². The summed E-state index contributed by atoms with van der Waals surface area (Å²) in [6, 6.07) is 13.0. The lowest BCUT2D eigenvalue weighted by Gasteiger charge is -2.29. The van der Waals surface area contributed by atoms with E-state index in [9.17, 15) is 13.2 Å². The molecule has 3 rings (SSSR count). The Kier molecular flexibility index (Phi) is 5.26. The third kappa shape index (κ3) is 4.48. The molecular weight excluding hydrogens is 362 g/mol. The second-order valence-electron chi connectivity index (χ2n) is 7.35. The van der Waals surface area contributed by atoms with Gasteiger partial charge in [-0.2, -0.15) is 0 Å². The molecule has 0 bridgehead atoms. The second kappa shape index (κ2) is 7.32. The van der Waals surface area contributed by atoms with Gasteiger partial charge in [-0.05, 0) is 69.0 Å². The van der Waals surface area contributed by atoms with Crippen LogP contribution < -0.4 is 15.8 Å². The molecule has 0 saturated heterocycles. The summed E-state index contributed by atoms with van der Waals surface area (Å²) in [5.41, 5.74) is 7.36. The number of nitrogens with two attached hydrogens (primary N) is 1. The summed E-state index contributed by atoms with van der Waals surface area (Å²) < 4.78 is 27.6. The SMILES string of the molecule is Cc1ccc(NS(=O)(=O)c2ccc(C(=O)NC(C)(CN)C3CC3)cc2)cc1. The van der Waals surface area contributed by atoms with Crippen LogP contribution in [0.15, 0.2) is 53.4 Å². The van der Waals surface area contributed by atoms with Gasteiger partial charge in [0.05, 0.1) is 10.4 Å². The molecule has 7 heteroatoms. The van der Waals surface area contributed by atoms with Gasteiger partial charge in [0, 0.05) is 17.8 Å². The lowest BCUT2D eigenvalue weighted by atomic mass is 9.95. The van der Waals surface area contributed by atoms with E-state index in [1.54, 1.807) is 12.1 Å². The first kappa shape index (κ1) is 19.4. The Labute approximate surface area is 160 Å². The second-order valence-corrected chi connectivity index (χ2v) is 9.03. The van der Waals surface area contributed by atoms with Gasteiger partial charge in [-0.1, -0.05) is 17.7 Å². The zero-order valence-corrected chi connectivity index (χ0v) is 16.3. The zero-order chi connectivity index (χ0) is 19.7. The minimum atomic E-state index is -3.71. The van der Waals surface area contributed by atoms with Crippen LogP contribution in [0.2, 0.25) is 0 Å². The van der Waals surface area contributed by atoms with Gasteiger partial charge < -0.3 is 11.1 Å². The van der Waals surface area contributed by atoms with Gasteiger partial charge in [0.15, 0.2) is 0 Å². The fraction of sp³-hybridized carbons (Fsp3) is 0.350. The first-order valence-corrected chi connectivity index (χ1v) is 10.4. The molecule has 2 aromatic carbocycles. The first-order valence-electron chi connectivity index (χ1n) is 8.96. The Bertz CT molecular complexity index is 920. The van der Waals surface area contributed by atoms with E-state index < -0.39 is 15.6 Å². The van der Waals surface area contributed by atoms with Gasteiger partial charge in [-0.15, -0.1) is 0 Å². The predicted molar refractivity (Wildman–Crippen MR) is 106 cm³/mol. The highest BCUT2D eigenvalue weighted by Gasteiger charge is 2.41. The fourth-order valence-corrected chi connectivity index (χ4v) is 4.05. The maximum atomic E-state index is 12.5. The summed E-state index contributed by atoms with van der Waals surface area (Å²) in [6.45, 7) is 4.25. The largest absolute Gasteiger partial charge is 0.345 e. The molecule has 0 aromatic heterocycles. The highest BCUT2D eigenvalue weighted by molar-refractivity contribution is 7.92.